The van der Waals surface area contributed by atoms with Gasteiger partial charge in [-0.2, -0.15) is 13.2 Å². The minimum atomic E-state index is -4.60. The zero-order valence-corrected chi connectivity index (χ0v) is 9.04. The van der Waals surface area contributed by atoms with Crippen LogP contribution < -0.4 is 10.5 Å². The van der Waals surface area contributed by atoms with Crippen LogP contribution in [0.15, 0.2) is 27.5 Å². The van der Waals surface area contributed by atoms with E-state index in [2.05, 4.69) is 14.7 Å². The number of benzene rings is 1. The number of ether oxygens (including phenoxy) is 1. The Morgan fingerprint density at radius 2 is 2.11 bits per heavy atom. The summed E-state index contributed by atoms with van der Waals surface area (Å²) < 4.78 is 47.5. The van der Waals surface area contributed by atoms with Crippen molar-refractivity contribution in [2.75, 3.05) is 7.11 Å². The Morgan fingerprint density at radius 1 is 1.39 bits per heavy atom. The van der Waals surface area contributed by atoms with Crippen molar-refractivity contribution >= 4 is 0 Å². The molecule has 0 bridgehead atoms. The van der Waals surface area contributed by atoms with E-state index in [1.54, 1.807) is 0 Å². The number of hydrogen-bond donors (Lipinski definition) is 1. The molecule has 2 rings (SSSR count). The lowest BCUT2D eigenvalue weighted by Gasteiger charge is -2.12. The first-order valence-corrected chi connectivity index (χ1v) is 4.73. The van der Waals surface area contributed by atoms with Gasteiger partial charge in [0.05, 0.1) is 12.7 Å². The van der Waals surface area contributed by atoms with E-state index in [0.29, 0.717) is 0 Å². The van der Waals surface area contributed by atoms with Crippen molar-refractivity contribution < 1.29 is 22.4 Å². The summed E-state index contributed by atoms with van der Waals surface area (Å²) in [7, 11) is 1.26. The van der Waals surface area contributed by atoms with Crippen LogP contribution in [-0.4, -0.2) is 17.3 Å². The fraction of sp³-hybridized carbons (Fsp3) is 0.200. The Bertz CT molecular complexity index is 615. The first-order valence-electron chi connectivity index (χ1n) is 4.73. The lowest BCUT2D eigenvalue weighted by Crippen LogP contribution is -2.08. The van der Waals surface area contributed by atoms with E-state index >= 15 is 0 Å². The second-order valence-electron chi connectivity index (χ2n) is 3.35. The molecule has 0 spiro atoms. The topological polar surface area (TPSA) is 68.1 Å². The number of nitrogens with zero attached hydrogens (tertiary/aromatic N) is 1. The zero-order valence-electron chi connectivity index (χ0n) is 9.04. The number of halogens is 3. The fourth-order valence-electron chi connectivity index (χ4n) is 1.44. The largest absolute Gasteiger partial charge is 0.497 e. The Morgan fingerprint density at radius 3 is 2.61 bits per heavy atom. The van der Waals surface area contributed by atoms with Crippen molar-refractivity contribution in [3.8, 4) is 17.1 Å². The van der Waals surface area contributed by atoms with Crippen LogP contribution in [0.1, 0.15) is 5.56 Å². The van der Waals surface area contributed by atoms with Crippen LogP contribution in [0, 0.1) is 0 Å². The highest BCUT2D eigenvalue weighted by Gasteiger charge is 2.35. The second-order valence-corrected chi connectivity index (χ2v) is 3.35. The first kappa shape index (κ1) is 12.2. The van der Waals surface area contributed by atoms with Gasteiger partial charge in [0.15, 0.2) is 5.82 Å². The lowest BCUT2D eigenvalue weighted by molar-refractivity contribution is -0.137. The normalized spacial score (nSPS) is 11.6. The smallest absolute Gasteiger partial charge is 0.439 e. The summed E-state index contributed by atoms with van der Waals surface area (Å²) in [5.41, 5.74) is -1.25. The molecule has 1 N–H and O–H groups in total. The molecule has 2 aromatic rings. The van der Waals surface area contributed by atoms with Gasteiger partial charge < -0.3 is 4.74 Å². The van der Waals surface area contributed by atoms with Crippen molar-refractivity contribution in [3.63, 3.8) is 0 Å². The third kappa shape index (κ3) is 2.22. The summed E-state index contributed by atoms with van der Waals surface area (Å²) in [5, 5.41) is 3.23. The maximum absolute atomic E-state index is 12.9. The van der Waals surface area contributed by atoms with E-state index in [1.807, 2.05) is 0 Å². The van der Waals surface area contributed by atoms with Crippen LogP contribution in [0.3, 0.4) is 0 Å². The summed E-state index contributed by atoms with van der Waals surface area (Å²) in [5.74, 6) is -1.15. The molecule has 0 unspecified atom stereocenters. The van der Waals surface area contributed by atoms with Crippen molar-refractivity contribution in [1.82, 2.24) is 10.1 Å². The standard InChI is InChI=1S/C10H7F3N2O3/c1-17-5-2-3-6(7(4-5)10(11,12)13)8-14-9(16)18-15-8/h2-4H,1H3,(H,14,15,16). The van der Waals surface area contributed by atoms with Gasteiger partial charge in [-0.3, -0.25) is 9.51 Å². The highest BCUT2D eigenvalue weighted by Crippen LogP contribution is 2.37. The maximum Gasteiger partial charge on any atom is 0.439 e. The van der Waals surface area contributed by atoms with Gasteiger partial charge in [-0.15, -0.1) is 0 Å². The number of methoxy groups -OCH3 is 1. The molecule has 0 saturated heterocycles. The van der Waals surface area contributed by atoms with Gasteiger partial charge in [-0.1, -0.05) is 5.16 Å². The number of aromatic nitrogens is 2. The van der Waals surface area contributed by atoms with Gasteiger partial charge in [0.1, 0.15) is 5.75 Å². The summed E-state index contributed by atoms with van der Waals surface area (Å²) in [6.07, 6.45) is -4.60. The molecule has 96 valence electrons. The van der Waals surface area contributed by atoms with Crippen molar-refractivity contribution in [3.05, 3.63) is 34.3 Å². The molecule has 0 saturated carbocycles. The van der Waals surface area contributed by atoms with E-state index in [1.165, 1.54) is 13.2 Å². The molecule has 18 heavy (non-hydrogen) atoms. The predicted molar refractivity (Wildman–Crippen MR) is 54.1 cm³/mol. The van der Waals surface area contributed by atoms with Crippen LogP contribution in [-0.2, 0) is 6.18 Å². The van der Waals surface area contributed by atoms with E-state index in [0.717, 1.165) is 12.1 Å². The van der Waals surface area contributed by atoms with Gasteiger partial charge in [-0.25, -0.2) is 4.79 Å². The summed E-state index contributed by atoms with van der Waals surface area (Å²) in [6, 6.07) is 3.30. The van der Waals surface area contributed by atoms with E-state index in [4.69, 9.17) is 4.74 Å². The van der Waals surface area contributed by atoms with Gasteiger partial charge in [0.25, 0.3) is 0 Å². The quantitative estimate of drug-likeness (QED) is 0.897. The van der Waals surface area contributed by atoms with Gasteiger partial charge in [0, 0.05) is 5.56 Å². The second kappa shape index (κ2) is 4.21. The molecule has 0 amide bonds. The van der Waals surface area contributed by atoms with Gasteiger partial charge in [-0.05, 0) is 18.2 Å². The highest BCUT2D eigenvalue weighted by molar-refractivity contribution is 5.62. The molecule has 0 fully saturated rings. The summed E-state index contributed by atoms with van der Waals surface area (Å²) in [6.45, 7) is 0. The minimum absolute atomic E-state index is 0.0527. The van der Waals surface area contributed by atoms with Gasteiger partial charge >= 0.3 is 11.9 Å². The molecule has 5 nitrogen and oxygen atoms in total. The van der Waals surface area contributed by atoms with E-state index in [-0.39, 0.29) is 17.1 Å². The number of rotatable bonds is 2. The van der Waals surface area contributed by atoms with E-state index in [9.17, 15) is 18.0 Å². The highest BCUT2D eigenvalue weighted by atomic mass is 19.4. The first-order chi connectivity index (χ1) is 8.41. The third-order valence-electron chi connectivity index (χ3n) is 2.23. The molecule has 0 aliphatic carbocycles. The molecular weight excluding hydrogens is 253 g/mol. The Kier molecular flexibility index (Phi) is 2.85. The molecule has 8 heteroatoms. The number of hydrogen-bond acceptors (Lipinski definition) is 4. The fourth-order valence-corrected chi connectivity index (χ4v) is 1.44. The van der Waals surface area contributed by atoms with Crippen LogP contribution in [0.2, 0.25) is 0 Å². The van der Waals surface area contributed by atoms with Crippen molar-refractivity contribution in [1.29, 1.82) is 0 Å². The van der Waals surface area contributed by atoms with Crippen LogP contribution in [0.5, 0.6) is 5.75 Å². The summed E-state index contributed by atoms with van der Waals surface area (Å²) in [4.78, 5) is 12.8. The molecule has 1 heterocycles. The Labute approximate surface area is 98.2 Å². The zero-order chi connectivity index (χ0) is 13.3. The minimum Gasteiger partial charge on any atom is -0.497 e. The molecule has 0 atom stereocenters. The predicted octanol–water partition coefficient (Wildman–Crippen LogP) is 2.06. The average molecular weight is 260 g/mol. The molecule has 0 radical (unpaired) electrons. The molecule has 0 aliphatic heterocycles. The molecular formula is C10H7F3N2O3. The van der Waals surface area contributed by atoms with Crippen LogP contribution >= 0.6 is 0 Å². The van der Waals surface area contributed by atoms with Crippen molar-refractivity contribution in [2.45, 2.75) is 6.18 Å². The SMILES string of the molecule is COc1ccc(-c2noc(=O)[nH]2)c(C(F)(F)F)c1. The monoisotopic (exact) mass is 260 g/mol. The number of aromatic amines is 1. The molecule has 0 aliphatic rings. The number of H-pyrrole nitrogens is 1. The summed E-state index contributed by atoms with van der Waals surface area (Å²) >= 11 is 0. The van der Waals surface area contributed by atoms with Crippen LogP contribution in [0.4, 0.5) is 13.2 Å². The Balaban J connectivity index is 2.63. The average Bonchev–Trinajstić information content (AvgIpc) is 2.74. The van der Waals surface area contributed by atoms with Gasteiger partial charge in [0.2, 0.25) is 0 Å². The van der Waals surface area contributed by atoms with E-state index < -0.39 is 17.5 Å². The number of nitrogens with one attached hydrogen (secondary N) is 1. The van der Waals surface area contributed by atoms with Crippen molar-refractivity contribution in [2.24, 2.45) is 0 Å². The maximum atomic E-state index is 12.9. The van der Waals surface area contributed by atoms with Crippen LogP contribution in [0.25, 0.3) is 11.4 Å². The lowest BCUT2D eigenvalue weighted by atomic mass is 10.1. The molecule has 1 aromatic heterocycles. The third-order valence-corrected chi connectivity index (χ3v) is 2.23. The Hall–Kier alpha value is -2.25. The number of alkyl halides is 3. The molecule has 1 aromatic carbocycles.